The van der Waals surface area contributed by atoms with Crippen molar-refractivity contribution in [3.63, 3.8) is 0 Å². The van der Waals surface area contributed by atoms with Crippen LogP contribution in [0.15, 0.2) is 0 Å². The van der Waals surface area contributed by atoms with E-state index in [0.717, 1.165) is 0 Å². The second-order valence-corrected chi connectivity index (χ2v) is 1.21. The maximum absolute atomic E-state index is 9.94. The largest absolute Gasteiger partial charge is 2.00 e. The average molecular weight is 152 g/mol. The zero-order valence-electron chi connectivity index (χ0n) is 4.68. The Morgan fingerprint density at radius 3 is 2.38 bits per heavy atom. The van der Waals surface area contributed by atoms with Gasteiger partial charge in [-0.25, -0.2) is 4.79 Å². The number of carbonyl (C=O) groups is 1. The Hall–Kier alpha value is 0.144. The summed E-state index contributed by atoms with van der Waals surface area (Å²) in [6.45, 7) is 1.83. The van der Waals surface area contributed by atoms with Gasteiger partial charge in [0.2, 0.25) is 0 Å². The van der Waals surface area contributed by atoms with Crippen molar-refractivity contribution < 1.29 is 36.7 Å². The molecular weight excluding hydrogens is 144 g/mol. The van der Waals surface area contributed by atoms with E-state index in [9.17, 15) is 4.79 Å². The number of rotatable bonds is 2. The molecule has 0 rings (SSSR count). The van der Waals surface area contributed by atoms with Gasteiger partial charge in [-0.05, 0) is 6.42 Å². The predicted octanol–water partition coefficient (Wildman–Crippen LogP) is 0.800. The topological polar surface area (TPSA) is 46.5 Å². The first-order chi connectivity index (χ1) is 3.31. The van der Waals surface area contributed by atoms with Gasteiger partial charge >= 0.3 is 27.7 Å². The Kier molecular flexibility index (Phi) is 9.83. The smallest absolute Gasteiger partial charge is 0.301 e. The van der Waals surface area contributed by atoms with E-state index in [-0.39, 0.29) is 28.1 Å². The molecule has 0 amide bonds. The zero-order chi connectivity index (χ0) is 5.70. The molecule has 0 aliphatic carbocycles. The Morgan fingerprint density at radius 1 is 1.75 bits per heavy atom. The standard InChI is InChI=1S/C4H8O3.Ti/c1-2-3-4(5)7-6;/h6H,2-3H2,1H3;/q;+2. The van der Waals surface area contributed by atoms with Gasteiger partial charge in [0.25, 0.3) is 0 Å². The zero-order valence-corrected chi connectivity index (χ0v) is 6.24. The fourth-order valence-corrected chi connectivity index (χ4v) is 0.250. The van der Waals surface area contributed by atoms with Gasteiger partial charge < -0.3 is 4.89 Å². The van der Waals surface area contributed by atoms with Crippen LogP contribution in [-0.2, 0) is 31.4 Å². The number of carbonyl (C=O) groups excluding carboxylic acids is 1. The first-order valence-corrected chi connectivity index (χ1v) is 2.15. The van der Waals surface area contributed by atoms with E-state index < -0.39 is 5.97 Å². The van der Waals surface area contributed by atoms with Crippen LogP contribution in [0.2, 0.25) is 0 Å². The molecule has 0 aromatic carbocycles. The third-order valence-electron chi connectivity index (χ3n) is 0.556. The molecule has 0 saturated heterocycles. The number of hydrogen-bond acceptors (Lipinski definition) is 3. The Morgan fingerprint density at radius 2 is 2.25 bits per heavy atom. The predicted molar refractivity (Wildman–Crippen MR) is 23.6 cm³/mol. The van der Waals surface area contributed by atoms with E-state index in [1.165, 1.54) is 0 Å². The molecule has 0 unspecified atom stereocenters. The number of hydrogen-bond donors (Lipinski definition) is 1. The van der Waals surface area contributed by atoms with Crippen LogP contribution in [0.25, 0.3) is 0 Å². The molecule has 0 aliphatic rings. The third-order valence-corrected chi connectivity index (χ3v) is 0.556. The first kappa shape index (κ1) is 11.0. The molecule has 0 fully saturated rings. The van der Waals surface area contributed by atoms with Crippen LogP contribution in [0.5, 0.6) is 0 Å². The van der Waals surface area contributed by atoms with E-state index in [4.69, 9.17) is 5.26 Å². The van der Waals surface area contributed by atoms with Crippen LogP contribution >= 0.6 is 0 Å². The molecule has 0 bridgehead atoms. The summed E-state index contributed by atoms with van der Waals surface area (Å²) in [5, 5.41) is 7.62. The van der Waals surface area contributed by atoms with Gasteiger partial charge in [0, 0.05) is 6.42 Å². The van der Waals surface area contributed by atoms with Gasteiger partial charge in [0.15, 0.2) is 0 Å². The van der Waals surface area contributed by atoms with Gasteiger partial charge in [-0.2, -0.15) is 5.26 Å². The van der Waals surface area contributed by atoms with E-state index in [2.05, 4.69) is 4.89 Å². The van der Waals surface area contributed by atoms with Crippen molar-refractivity contribution in [3.05, 3.63) is 0 Å². The van der Waals surface area contributed by atoms with Gasteiger partial charge in [0.05, 0.1) is 0 Å². The molecule has 0 aromatic rings. The van der Waals surface area contributed by atoms with Gasteiger partial charge in [-0.3, -0.25) is 0 Å². The molecule has 0 saturated carbocycles. The second-order valence-electron chi connectivity index (χ2n) is 1.21. The van der Waals surface area contributed by atoms with E-state index in [0.29, 0.717) is 6.42 Å². The van der Waals surface area contributed by atoms with Gasteiger partial charge in [-0.15, -0.1) is 0 Å². The normalized spacial score (nSPS) is 7.25. The molecule has 0 atom stereocenters. The van der Waals surface area contributed by atoms with Crippen molar-refractivity contribution in [2.75, 3.05) is 0 Å². The van der Waals surface area contributed by atoms with Crippen molar-refractivity contribution in [1.29, 1.82) is 0 Å². The minimum absolute atomic E-state index is 0. The summed E-state index contributed by atoms with van der Waals surface area (Å²) in [5.74, 6) is -0.567. The van der Waals surface area contributed by atoms with Crippen LogP contribution in [-0.4, -0.2) is 11.2 Å². The minimum Gasteiger partial charge on any atom is -0.301 e. The van der Waals surface area contributed by atoms with Crippen LogP contribution in [0, 0.1) is 0 Å². The monoisotopic (exact) mass is 152 g/mol. The van der Waals surface area contributed by atoms with Crippen molar-refractivity contribution >= 4 is 5.97 Å². The van der Waals surface area contributed by atoms with Gasteiger partial charge in [-0.1, -0.05) is 6.92 Å². The summed E-state index contributed by atoms with van der Waals surface area (Å²) in [5.41, 5.74) is 0. The van der Waals surface area contributed by atoms with E-state index >= 15 is 0 Å². The molecule has 8 heavy (non-hydrogen) atoms. The van der Waals surface area contributed by atoms with Gasteiger partial charge in [0.1, 0.15) is 0 Å². The summed E-state index contributed by atoms with van der Waals surface area (Å²) >= 11 is 0. The van der Waals surface area contributed by atoms with Crippen LogP contribution in [0.3, 0.4) is 0 Å². The summed E-state index contributed by atoms with van der Waals surface area (Å²) in [6.07, 6.45) is 0.996. The molecule has 4 heteroatoms. The van der Waals surface area contributed by atoms with Crippen molar-refractivity contribution in [2.24, 2.45) is 0 Å². The SMILES string of the molecule is CCCC(=O)OO.[Ti+2]. The molecule has 0 aliphatic heterocycles. The van der Waals surface area contributed by atoms with E-state index in [1.54, 1.807) is 0 Å². The summed E-state index contributed by atoms with van der Waals surface area (Å²) in [6, 6.07) is 0. The maximum atomic E-state index is 9.94. The Labute approximate surface area is 62.8 Å². The van der Waals surface area contributed by atoms with Crippen LogP contribution in [0.1, 0.15) is 19.8 Å². The summed E-state index contributed by atoms with van der Waals surface area (Å²) < 4.78 is 0. The fraction of sp³-hybridized carbons (Fsp3) is 0.750. The van der Waals surface area contributed by atoms with Crippen molar-refractivity contribution in [2.45, 2.75) is 19.8 Å². The Balaban J connectivity index is 0. The maximum Gasteiger partial charge on any atom is 2.00 e. The first-order valence-electron chi connectivity index (χ1n) is 2.15. The molecular formula is C4H8O3Ti+2. The van der Waals surface area contributed by atoms with E-state index in [1.807, 2.05) is 6.92 Å². The molecule has 0 aromatic heterocycles. The minimum atomic E-state index is -0.567. The molecule has 3 nitrogen and oxygen atoms in total. The molecule has 0 spiro atoms. The molecule has 1 N–H and O–H groups in total. The van der Waals surface area contributed by atoms with Crippen molar-refractivity contribution in [1.82, 2.24) is 0 Å². The fourth-order valence-electron chi connectivity index (χ4n) is 0.250. The Bertz CT molecular complexity index is 64.3. The quantitative estimate of drug-likeness (QED) is 0.361. The second kappa shape index (κ2) is 7.14. The summed E-state index contributed by atoms with van der Waals surface area (Å²) in [4.78, 5) is 13.3. The molecule has 44 valence electrons. The van der Waals surface area contributed by atoms with Crippen LogP contribution in [0.4, 0.5) is 0 Å². The van der Waals surface area contributed by atoms with Crippen molar-refractivity contribution in [3.8, 4) is 0 Å². The van der Waals surface area contributed by atoms with Crippen LogP contribution < -0.4 is 0 Å². The molecule has 0 radical (unpaired) electrons. The third kappa shape index (κ3) is 6.14. The molecule has 0 heterocycles. The average Bonchev–Trinajstić information content (AvgIpc) is 1.68. The summed E-state index contributed by atoms with van der Waals surface area (Å²) in [7, 11) is 0.